The number of alkyl carbamates (subject to hydrolysis) is 1. The predicted molar refractivity (Wildman–Crippen MR) is 180 cm³/mol. The number of nitrogens with zero attached hydrogens (tertiary/aromatic N) is 1. The standard InChI is InChI=1S/C32H38N6O8.BrH/c1-18-14-28(41)46-27-15-22(11-12-23(18)27)25(39)16-26(40)24(10-7-13-35-31(33)34)38-30(43)19(2)36-29(42)20(3)37-32(44)45-17-21-8-5-4-6-9-21;/h4-6,8-9,11-12,14-15,19-20,24H,7,10,13,16-17H2,1-3H3,(H,36,42)(H,37,44)(H,38,43)(H4,33,34,35);1H/t19-,20-,24-;/m0./s1. The Morgan fingerprint density at radius 2 is 1.57 bits per heavy atom. The lowest BCUT2D eigenvalue weighted by Gasteiger charge is -2.22. The van der Waals surface area contributed by atoms with Gasteiger partial charge in [-0.3, -0.25) is 24.2 Å². The van der Waals surface area contributed by atoms with Crippen LogP contribution in [0.25, 0.3) is 11.0 Å². The Balaban J connectivity index is 0.00000768. The highest BCUT2D eigenvalue weighted by molar-refractivity contribution is 8.93. The summed E-state index contributed by atoms with van der Waals surface area (Å²) in [7, 11) is 0. The summed E-state index contributed by atoms with van der Waals surface area (Å²) in [4.78, 5) is 79.8. The molecule has 14 nitrogen and oxygen atoms in total. The van der Waals surface area contributed by atoms with Gasteiger partial charge in [-0.15, -0.1) is 17.0 Å². The molecule has 3 aromatic rings. The van der Waals surface area contributed by atoms with Crippen molar-refractivity contribution in [1.82, 2.24) is 16.0 Å². The highest BCUT2D eigenvalue weighted by Crippen LogP contribution is 2.19. The van der Waals surface area contributed by atoms with E-state index in [2.05, 4.69) is 20.9 Å². The Bertz CT molecular complexity index is 1670. The zero-order valence-electron chi connectivity index (χ0n) is 26.2. The molecule has 3 amide bonds. The fourth-order valence-corrected chi connectivity index (χ4v) is 4.41. The normalized spacial score (nSPS) is 12.4. The molecule has 15 heteroatoms. The molecule has 0 saturated heterocycles. The van der Waals surface area contributed by atoms with Crippen molar-refractivity contribution in [3.05, 3.63) is 81.7 Å². The first-order valence-corrected chi connectivity index (χ1v) is 14.6. The first kappa shape index (κ1) is 38.1. The van der Waals surface area contributed by atoms with Gasteiger partial charge in [-0.1, -0.05) is 42.5 Å². The number of ketones is 2. The van der Waals surface area contributed by atoms with Gasteiger partial charge in [0.15, 0.2) is 17.5 Å². The van der Waals surface area contributed by atoms with Gasteiger partial charge in [0, 0.05) is 23.6 Å². The van der Waals surface area contributed by atoms with Crippen LogP contribution in [0.5, 0.6) is 0 Å². The molecule has 252 valence electrons. The average Bonchev–Trinajstić information content (AvgIpc) is 3.01. The summed E-state index contributed by atoms with van der Waals surface area (Å²) in [5, 5.41) is 8.13. The second kappa shape index (κ2) is 18.2. The number of nitrogens with two attached hydrogens (primary N) is 2. The lowest BCUT2D eigenvalue weighted by Crippen LogP contribution is -2.54. The van der Waals surface area contributed by atoms with Crippen molar-refractivity contribution in [2.45, 2.75) is 64.8 Å². The lowest BCUT2D eigenvalue weighted by atomic mass is 9.98. The third-order valence-electron chi connectivity index (χ3n) is 6.95. The highest BCUT2D eigenvalue weighted by Gasteiger charge is 2.27. The molecule has 0 fully saturated rings. The third kappa shape index (κ3) is 12.0. The van der Waals surface area contributed by atoms with Crippen molar-refractivity contribution in [2.24, 2.45) is 16.5 Å². The molecule has 0 aliphatic carbocycles. The number of carbonyl (C=O) groups excluding carboxylic acids is 5. The number of rotatable bonds is 15. The van der Waals surface area contributed by atoms with Crippen LogP contribution in [0.4, 0.5) is 4.79 Å². The van der Waals surface area contributed by atoms with E-state index in [4.69, 9.17) is 20.6 Å². The van der Waals surface area contributed by atoms with Crippen molar-refractivity contribution in [3.8, 4) is 0 Å². The van der Waals surface area contributed by atoms with E-state index < -0.39 is 59.6 Å². The number of amides is 3. The molecule has 7 N–H and O–H groups in total. The van der Waals surface area contributed by atoms with E-state index in [1.165, 1.54) is 32.0 Å². The SMILES string of the molecule is Br.Cc1cc(=O)oc2cc(C(=O)CC(=O)[C@H](CCCN=C(N)N)NC(=O)[C@H](C)NC(=O)[C@H](C)NC(=O)OCc3ccccc3)ccc12. The molecule has 0 unspecified atom stereocenters. The molecule has 0 aliphatic rings. The number of guanidine groups is 1. The Labute approximate surface area is 281 Å². The molecule has 3 atom stereocenters. The minimum absolute atomic E-state index is 0. The predicted octanol–water partition coefficient (Wildman–Crippen LogP) is 2.18. The number of hydrogen-bond acceptors (Lipinski definition) is 9. The van der Waals surface area contributed by atoms with Crippen molar-refractivity contribution in [2.75, 3.05) is 6.54 Å². The largest absolute Gasteiger partial charge is 0.445 e. The van der Waals surface area contributed by atoms with Gasteiger partial charge < -0.3 is 36.6 Å². The van der Waals surface area contributed by atoms with Crippen LogP contribution in [0, 0.1) is 6.92 Å². The minimum atomic E-state index is -1.10. The highest BCUT2D eigenvalue weighted by atomic mass is 79.9. The molecular formula is C32H39BrN6O8. The van der Waals surface area contributed by atoms with Crippen LogP contribution in [0.3, 0.4) is 0 Å². The summed E-state index contributed by atoms with van der Waals surface area (Å²) in [6.45, 7) is 4.75. The third-order valence-corrected chi connectivity index (χ3v) is 6.95. The van der Waals surface area contributed by atoms with Gasteiger partial charge in [0.05, 0.1) is 12.5 Å². The van der Waals surface area contributed by atoms with Crippen LogP contribution >= 0.6 is 17.0 Å². The Hall–Kier alpha value is -5.05. The maximum absolute atomic E-state index is 13.3. The number of benzene rings is 2. The first-order chi connectivity index (χ1) is 21.8. The van der Waals surface area contributed by atoms with Gasteiger partial charge in [0.1, 0.15) is 24.3 Å². The zero-order valence-corrected chi connectivity index (χ0v) is 28.0. The average molecular weight is 716 g/mol. The monoisotopic (exact) mass is 714 g/mol. The van der Waals surface area contributed by atoms with Crippen LogP contribution in [0.15, 0.2) is 68.8 Å². The number of fused-ring (bicyclic) bond motifs is 1. The summed E-state index contributed by atoms with van der Waals surface area (Å²) in [6, 6.07) is 11.6. The maximum atomic E-state index is 13.3. The number of nitrogens with one attached hydrogen (secondary N) is 3. The van der Waals surface area contributed by atoms with Crippen LogP contribution in [-0.2, 0) is 25.7 Å². The molecule has 47 heavy (non-hydrogen) atoms. The van der Waals surface area contributed by atoms with Gasteiger partial charge in [0.2, 0.25) is 11.8 Å². The molecule has 1 aromatic heterocycles. The molecule has 1 heterocycles. The lowest BCUT2D eigenvalue weighted by molar-refractivity contribution is -0.131. The van der Waals surface area contributed by atoms with Crippen LogP contribution in [-0.4, -0.2) is 60.1 Å². The van der Waals surface area contributed by atoms with E-state index in [-0.39, 0.29) is 53.7 Å². The van der Waals surface area contributed by atoms with Gasteiger partial charge in [0.25, 0.3) is 0 Å². The van der Waals surface area contributed by atoms with Gasteiger partial charge in [-0.05, 0) is 50.8 Å². The second-order valence-electron chi connectivity index (χ2n) is 10.7. The molecule has 0 saturated carbocycles. The molecule has 0 spiro atoms. The number of ether oxygens (including phenoxy) is 1. The summed E-state index contributed by atoms with van der Waals surface area (Å²) >= 11 is 0. The summed E-state index contributed by atoms with van der Waals surface area (Å²) in [5.74, 6) is -2.61. The Kier molecular flexibility index (Phi) is 14.8. The quantitative estimate of drug-likeness (QED) is 0.0385. The van der Waals surface area contributed by atoms with Crippen molar-refractivity contribution in [3.63, 3.8) is 0 Å². The Morgan fingerprint density at radius 3 is 2.26 bits per heavy atom. The van der Waals surface area contributed by atoms with Gasteiger partial charge in [-0.25, -0.2) is 9.59 Å². The molecule has 0 bridgehead atoms. The molecule has 3 rings (SSSR count). The van der Waals surface area contributed by atoms with E-state index in [0.717, 1.165) is 5.56 Å². The number of halogens is 1. The second-order valence-corrected chi connectivity index (χ2v) is 10.7. The zero-order chi connectivity index (χ0) is 33.8. The number of carbonyl (C=O) groups is 5. The molecular weight excluding hydrogens is 676 g/mol. The topological polar surface area (TPSA) is 225 Å². The van der Waals surface area contributed by atoms with E-state index in [0.29, 0.717) is 17.4 Å². The van der Waals surface area contributed by atoms with E-state index in [1.807, 2.05) is 6.07 Å². The number of aryl methyl sites for hydroxylation is 1. The van der Waals surface area contributed by atoms with E-state index in [9.17, 15) is 28.8 Å². The van der Waals surface area contributed by atoms with Gasteiger partial charge >= 0.3 is 11.7 Å². The number of Topliss-reactive ketones (excluding diaryl/α,β-unsaturated/α-hetero) is 2. The minimum Gasteiger partial charge on any atom is -0.445 e. The number of hydrogen-bond donors (Lipinski definition) is 5. The molecule has 0 radical (unpaired) electrons. The first-order valence-electron chi connectivity index (χ1n) is 14.6. The summed E-state index contributed by atoms with van der Waals surface area (Å²) < 4.78 is 10.3. The van der Waals surface area contributed by atoms with E-state index >= 15 is 0 Å². The summed E-state index contributed by atoms with van der Waals surface area (Å²) in [6.07, 6.45) is -0.965. The van der Waals surface area contributed by atoms with Crippen LogP contribution in [0.2, 0.25) is 0 Å². The van der Waals surface area contributed by atoms with Crippen molar-refractivity contribution < 1.29 is 33.1 Å². The van der Waals surface area contributed by atoms with Crippen molar-refractivity contribution >= 4 is 63.4 Å². The maximum Gasteiger partial charge on any atom is 0.408 e. The fraction of sp³-hybridized carbons (Fsp3) is 0.344. The van der Waals surface area contributed by atoms with Gasteiger partial charge in [-0.2, -0.15) is 0 Å². The molecule has 2 aromatic carbocycles. The fourth-order valence-electron chi connectivity index (χ4n) is 4.41. The van der Waals surface area contributed by atoms with Crippen molar-refractivity contribution in [1.29, 1.82) is 0 Å². The molecule has 0 aliphatic heterocycles. The summed E-state index contributed by atoms with van der Waals surface area (Å²) in [5.41, 5.74) is 12.0. The van der Waals surface area contributed by atoms with Crippen LogP contribution < -0.4 is 33.0 Å². The number of aliphatic imine (C=N–C) groups is 1. The smallest absolute Gasteiger partial charge is 0.408 e. The Morgan fingerprint density at radius 1 is 0.915 bits per heavy atom. The van der Waals surface area contributed by atoms with E-state index in [1.54, 1.807) is 37.3 Å². The van der Waals surface area contributed by atoms with Crippen LogP contribution in [0.1, 0.15) is 54.6 Å².